The molecule has 1 heterocycles. The third-order valence-corrected chi connectivity index (χ3v) is 6.77. The van der Waals surface area contributed by atoms with E-state index < -0.39 is 0 Å². The van der Waals surface area contributed by atoms with E-state index in [-0.39, 0.29) is 23.9 Å². The quantitative estimate of drug-likeness (QED) is 0.776. The molecule has 2 aliphatic rings. The summed E-state index contributed by atoms with van der Waals surface area (Å²) in [7, 11) is 1.84. The SMILES string of the molecule is COC1(c2cccc(C(N)=O)c2)C2CCCC1CN(CCc1ccccc1)C2.Cl. The first-order valence-corrected chi connectivity index (χ1v) is 10.3. The van der Waals surface area contributed by atoms with Crippen LogP contribution in [0.4, 0.5) is 0 Å². The van der Waals surface area contributed by atoms with E-state index in [1.807, 2.05) is 19.2 Å². The van der Waals surface area contributed by atoms with Gasteiger partial charge in [-0.25, -0.2) is 0 Å². The number of amides is 1. The summed E-state index contributed by atoms with van der Waals surface area (Å²) in [6.45, 7) is 3.16. The molecule has 2 fully saturated rings. The van der Waals surface area contributed by atoms with Crippen molar-refractivity contribution in [3.8, 4) is 0 Å². The number of methoxy groups -OCH3 is 1. The number of fused-ring (bicyclic) bond motifs is 2. The minimum atomic E-state index is -0.376. The predicted octanol–water partition coefficient (Wildman–Crippen LogP) is 4.02. The first-order valence-electron chi connectivity index (χ1n) is 10.3. The molecule has 2 unspecified atom stereocenters. The first-order chi connectivity index (χ1) is 13.6. The van der Waals surface area contributed by atoms with Gasteiger partial charge in [-0.3, -0.25) is 4.79 Å². The third-order valence-electron chi connectivity index (χ3n) is 6.77. The van der Waals surface area contributed by atoms with Gasteiger partial charge in [-0.15, -0.1) is 12.4 Å². The summed E-state index contributed by atoms with van der Waals surface area (Å²) in [5.41, 5.74) is 8.31. The molecule has 0 radical (unpaired) electrons. The molecule has 1 saturated carbocycles. The van der Waals surface area contributed by atoms with E-state index in [0.29, 0.717) is 17.4 Å². The minimum absolute atomic E-state index is 0. The lowest BCUT2D eigenvalue weighted by Gasteiger charge is -2.55. The molecule has 29 heavy (non-hydrogen) atoms. The monoisotopic (exact) mass is 414 g/mol. The highest BCUT2D eigenvalue weighted by molar-refractivity contribution is 5.92. The number of carbonyl (C=O) groups excluding carboxylic acids is 1. The Morgan fingerprint density at radius 1 is 1.10 bits per heavy atom. The molecule has 2 aromatic carbocycles. The molecule has 1 aliphatic heterocycles. The van der Waals surface area contributed by atoms with Crippen molar-refractivity contribution in [2.45, 2.75) is 31.3 Å². The van der Waals surface area contributed by atoms with Crippen molar-refractivity contribution >= 4 is 18.3 Å². The van der Waals surface area contributed by atoms with E-state index in [1.165, 1.54) is 12.0 Å². The maximum atomic E-state index is 11.7. The maximum Gasteiger partial charge on any atom is 0.248 e. The van der Waals surface area contributed by atoms with Crippen molar-refractivity contribution < 1.29 is 9.53 Å². The number of hydrogen-bond donors (Lipinski definition) is 1. The zero-order chi connectivity index (χ0) is 19.6. The first kappa shape index (κ1) is 21.8. The molecule has 2 N–H and O–H groups in total. The van der Waals surface area contributed by atoms with E-state index in [0.717, 1.165) is 44.5 Å². The highest BCUT2D eigenvalue weighted by Gasteiger charge is 2.53. The average molecular weight is 415 g/mol. The van der Waals surface area contributed by atoms with Crippen LogP contribution in [0.2, 0.25) is 0 Å². The molecule has 156 valence electrons. The highest BCUT2D eigenvalue weighted by Crippen LogP contribution is 2.51. The maximum absolute atomic E-state index is 11.7. The van der Waals surface area contributed by atoms with Gasteiger partial charge in [0.15, 0.2) is 0 Å². The second-order valence-electron chi connectivity index (χ2n) is 8.26. The number of carbonyl (C=O) groups is 1. The molecular formula is C24H31ClN2O2. The van der Waals surface area contributed by atoms with Gasteiger partial charge in [0.1, 0.15) is 5.60 Å². The van der Waals surface area contributed by atoms with Crippen LogP contribution in [-0.2, 0) is 16.8 Å². The number of halogens is 1. The van der Waals surface area contributed by atoms with Crippen molar-refractivity contribution in [2.75, 3.05) is 26.7 Å². The molecule has 5 heteroatoms. The van der Waals surface area contributed by atoms with Crippen LogP contribution in [-0.4, -0.2) is 37.6 Å². The summed E-state index contributed by atoms with van der Waals surface area (Å²) in [6, 6.07) is 18.5. The predicted molar refractivity (Wildman–Crippen MR) is 118 cm³/mol. The lowest BCUT2D eigenvalue weighted by atomic mass is 9.62. The second kappa shape index (κ2) is 9.29. The molecule has 0 aromatic heterocycles. The molecule has 1 aliphatic carbocycles. The number of rotatable bonds is 6. The Hall–Kier alpha value is -1.88. The normalized spacial score (nSPS) is 26.5. The molecule has 2 atom stereocenters. The van der Waals surface area contributed by atoms with Crippen molar-refractivity contribution in [1.82, 2.24) is 4.90 Å². The van der Waals surface area contributed by atoms with Gasteiger partial charge in [-0.05, 0) is 42.5 Å². The zero-order valence-electron chi connectivity index (χ0n) is 17.0. The van der Waals surface area contributed by atoms with E-state index in [1.54, 1.807) is 6.07 Å². The van der Waals surface area contributed by atoms with E-state index in [9.17, 15) is 4.79 Å². The van der Waals surface area contributed by atoms with Crippen molar-refractivity contribution in [3.05, 3.63) is 71.3 Å². The Morgan fingerprint density at radius 3 is 2.41 bits per heavy atom. The minimum Gasteiger partial charge on any atom is -0.373 e. The van der Waals surface area contributed by atoms with Crippen molar-refractivity contribution in [3.63, 3.8) is 0 Å². The van der Waals surface area contributed by atoms with Crippen molar-refractivity contribution in [2.24, 2.45) is 17.6 Å². The fourth-order valence-electron chi connectivity index (χ4n) is 5.48. The molecule has 2 bridgehead atoms. The van der Waals surface area contributed by atoms with E-state index >= 15 is 0 Å². The van der Waals surface area contributed by atoms with Gasteiger partial charge in [0.25, 0.3) is 0 Å². The van der Waals surface area contributed by atoms with E-state index in [4.69, 9.17) is 10.5 Å². The molecule has 4 nitrogen and oxygen atoms in total. The standard InChI is InChI=1S/C24H30N2O2.ClH/c1-28-24(20-10-5-9-19(15-20)23(25)27)21-11-6-12-22(24)17-26(16-21)14-13-18-7-3-2-4-8-18;/h2-5,7-10,15,21-22H,6,11-14,16-17H2,1H3,(H2,25,27);1H. The number of primary amides is 1. The van der Waals surface area contributed by atoms with Crippen LogP contribution in [0.5, 0.6) is 0 Å². The summed E-state index contributed by atoms with van der Waals surface area (Å²) in [5, 5.41) is 0. The summed E-state index contributed by atoms with van der Waals surface area (Å²) < 4.78 is 6.30. The zero-order valence-corrected chi connectivity index (χ0v) is 17.9. The second-order valence-corrected chi connectivity index (χ2v) is 8.26. The number of nitrogens with zero attached hydrogens (tertiary/aromatic N) is 1. The molecule has 2 aromatic rings. The summed E-state index contributed by atoms with van der Waals surface area (Å²) in [5.74, 6) is 0.492. The van der Waals surface area contributed by atoms with Crippen molar-refractivity contribution in [1.29, 1.82) is 0 Å². The van der Waals surface area contributed by atoms with E-state index in [2.05, 4.69) is 41.3 Å². The van der Waals surface area contributed by atoms with Crippen LogP contribution in [0.3, 0.4) is 0 Å². The van der Waals surface area contributed by atoms with Crippen LogP contribution < -0.4 is 5.73 Å². The summed E-state index contributed by atoms with van der Waals surface area (Å²) >= 11 is 0. The highest BCUT2D eigenvalue weighted by atomic mass is 35.5. The number of likely N-dealkylation sites (tertiary alicyclic amines) is 1. The Bertz CT molecular complexity index is 813. The lowest BCUT2D eigenvalue weighted by Crippen LogP contribution is -2.59. The third kappa shape index (κ3) is 4.20. The van der Waals surface area contributed by atoms with Gasteiger partial charge < -0.3 is 15.4 Å². The lowest BCUT2D eigenvalue weighted by molar-refractivity contribution is -0.168. The molecule has 1 amide bonds. The van der Waals surface area contributed by atoms with Crippen LogP contribution in [0.15, 0.2) is 54.6 Å². The number of piperidine rings is 1. The summed E-state index contributed by atoms with van der Waals surface area (Å²) in [4.78, 5) is 14.3. The van der Waals surface area contributed by atoms with Crippen LogP contribution in [0, 0.1) is 11.8 Å². The van der Waals surface area contributed by atoms with Gasteiger partial charge in [0, 0.05) is 44.1 Å². The van der Waals surface area contributed by atoms with Gasteiger partial charge in [0.05, 0.1) is 0 Å². The van der Waals surface area contributed by atoms with Crippen LogP contribution in [0.25, 0.3) is 0 Å². The Balaban J connectivity index is 0.00000240. The van der Waals surface area contributed by atoms with Crippen LogP contribution in [0.1, 0.15) is 40.7 Å². The number of nitrogens with two attached hydrogens (primary N) is 1. The smallest absolute Gasteiger partial charge is 0.248 e. The Morgan fingerprint density at radius 2 is 1.79 bits per heavy atom. The number of hydrogen-bond acceptors (Lipinski definition) is 3. The van der Waals surface area contributed by atoms with Gasteiger partial charge >= 0.3 is 0 Å². The average Bonchev–Trinajstić information content (AvgIpc) is 2.72. The van der Waals surface area contributed by atoms with Gasteiger partial charge in [-0.1, -0.05) is 48.9 Å². The molecule has 1 saturated heterocycles. The molecule has 4 rings (SSSR count). The Labute approximate surface area is 179 Å². The number of benzene rings is 2. The number of ether oxygens (including phenoxy) is 1. The van der Waals surface area contributed by atoms with Gasteiger partial charge in [-0.2, -0.15) is 0 Å². The topological polar surface area (TPSA) is 55.6 Å². The van der Waals surface area contributed by atoms with Gasteiger partial charge in [0.2, 0.25) is 5.91 Å². The molecule has 0 spiro atoms. The largest absolute Gasteiger partial charge is 0.373 e. The fraction of sp³-hybridized carbons (Fsp3) is 0.458. The van der Waals surface area contributed by atoms with Crippen LogP contribution >= 0.6 is 12.4 Å². The fourth-order valence-corrected chi connectivity index (χ4v) is 5.48. The summed E-state index contributed by atoms with van der Waals surface area (Å²) in [6.07, 6.45) is 4.65. The Kier molecular flexibility index (Phi) is 6.99. The molecular weight excluding hydrogens is 384 g/mol.